The highest BCUT2D eigenvalue weighted by Crippen LogP contribution is 2.31. The largest absolute Gasteiger partial charge is 0.381 e. The van der Waals surface area contributed by atoms with Crippen LogP contribution in [0.3, 0.4) is 0 Å². The summed E-state index contributed by atoms with van der Waals surface area (Å²) >= 11 is 0. The van der Waals surface area contributed by atoms with Crippen molar-refractivity contribution in [1.82, 2.24) is 14.8 Å². The molecule has 1 aliphatic heterocycles. The number of anilines is 1. The minimum absolute atomic E-state index is 0.235. The molecule has 6 heteroatoms. The summed E-state index contributed by atoms with van der Waals surface area (Å²) in [6.45, 7) is 2.45. The van der Waals surface area contributed by atoms with Crippen molar-refractivity contribution in [2.75, 3.05) is 25.2 Å². The molecule has 2 heterocycles. The van der Waals surface area contributed by atoms with Crippen LogP contribution in [0.4, 0.5) is 10.3 Å². The van der Waals surface area contributed by atoms with Crippen LogP contribution in [0.25, 0.3) is 11.4 Å². The number of rotatable bonds is 5. The number of nitrogens with zero attached hydrogens (tertiary/aromatic N) is 4. The smallest absolute Gasteiger partial charge is 0.227 e. The van der Waals surface area contributed by atoms with Crippen LogP contribution in [0.2, 0.25) is 0 Å². The van der Waals surface area contributed by atoms with E-state index in [9.17, 15) is 4.39 Å². The zero-order chi connectivity index (χ0) is 16.5. The molecule has 0 radical (unpaired) electrons. The van der Waals surface area contributed by atoms with Gasteiger partial charge in [0.05, 0.1) is 6.61 Å². The molecule has 0 amide bonds. The molecule has 1 aromatic heterocycles. The molecule has 2 fully saturated rings. The van der Waals surface area contributed by atoms with E-state index in [1.165, 1.54) is 31.4 Å². The van der Waals surface area contributed by atoms with Crippen molar-refractivity contribution in [3.8, 4) is 11.4 Å². The second-order valence-electron chi connectivity index (χ2n) is 6.87. The van der Waals surface area contributed by atoms with E-state index in [4.69, 9.17) is 4.74 Å². The van der Waals surface area contributed by atoms with Crippen LogP contribution in [0.15, 0.2) is 24.3 Å². The van der Waals surface area contributed by atoms with Gasteiger partial charge in [0.2, 0.25) is 5.95 Å². The Kier molecular flexibility index (Phi) is 4.22. The fourth-order valence-corrected chi connectivity index (χ4v) is 3.46. The summed E-state index contributed by atoms with van der Waals surface area (Å²) in [7, 11) is 2.10. The third-order valence-electron chi connectivity index (χ3n) is 5.24. The van der Waals surface area contributed by atoms with Gasteiger partial charge < -0.3 is 9.64 Å². The lowest BCUT2D eigenvalue weighted by molar-refractivity contribution is 0.182. The first-order valence-electron chi connectivity index (χ1n) is 8.72. The average molecular weight is 330 g/mol. The number of ether oxygens (including phenoxy) is 1. The minimum Gasteiger partial charge on any atom is -0.381 e. The fourth-order valence-electron chi connectivity index (χ4n) is 3.46. The molecule has 1 aliphatic carbocycles. The molecule has 128 valence electrons. The average Bonchev–Trinajstić information content (AvgIpc) is 3.17. The molecular weight excluding hydrogens is 307 g/mol. The Hall–Kier alpha value is -1.95. The van der Waals surface area contributed by atoms with Crippen molar-refractivity contribution in [2.45, 2.75) is 38.3 Å². The molecule has 1 atom stereocenters. The third-order valence-corrected chi connectivity index (χ3v) is 5.24. The van der Waals surface area contributed by atoms with Crippen molar-refractivity contribution in [3.63, 3.8) is 0 Å². The normalized spacial score (nSPS) is 21.0. The topological polar surface area (TPSA) is 43.2 Å². The van der Waals surface area contributed by atoms with Gasteiger partial charge in [-0.15, -0.1) is 10.2 Å². The van der Waals surface area contributed by atoms with Gasteiger partial charge in [-0.3, -0.25) is 4.57 Å². The Bertz CT molecular complexity index is 690. The Labute approximate surface area is 141 Å². The predicted octanol–water partition coefficient (Wildman–Crippen LogP) is 3.11. The van der Waals surface area contributed by atoms with Crippen molar-refractivity contribution >= 4 is 5.95 Å². The van der Waals surface area contributed by atoms with Crippen LogP contribution >= 0.6 is 0 Å². The SMILES string of the molecule is CN(c1nnc(-c2ccc(F)cc2)n1CC1CCOC1)C1CCC1. The number of aromatic nitrogens is 3. The van der Waals surface area contributed by atoms with Crippen molar-refractivity contribution < 1.29 is 9.13 Å². The molecule has 0 N–H and O–H groups in total. The zero-order valence-electron chi connectivity index (χ0n) is 14.0. The van der Waals surface area contributed by atoms with Crippen molar-refractivity contribution in [3.05, 3.63) is 30.1 Å². The van der Waals surface area contributed by atoms with Crippen LogP contribution in [-0.4, -0.2) is 41.1 Å². The number of halogens is 1. The van der Waals surface area contributed by atoms with Crippen molar-refractivity contribution in [1.29, 1.82) is 0 Å². The predicted molar refractivity (Wildman–Crippen MR) is 90.4 cm³/mol. The Morgan fingerprint density at radius 1 is 1.21 bits per heavy atom. The summed E-state index contributed by atoms with van der Waals surface area (Å²) in [5.74, 6) is 1.96. The van der Waals surface area contributed by atoms with Gasteiger partial charge in [0, 0.05) is 37.7 Å². The number of hydrogen-bond acceptors (Lipinski definition) is 4. The monoisotopic (exact) mass is 330 g/mol. The molecule has 0 bridgehead atoms. The van der Waals surface area contributed by atoms with Gasteiger partial charge >= 0.3 is 0 Å². The summed E-state index contributed by atoms with van der Waals surface area (Å²) in [4.78, 5) is 2.25. The first-order valence-corrected chi connectivity index (χ1v) is 8.72. The zero-order valence-corrected chi connectivity index (χ0v) is 14.0. The maximum absolute atomic E-state index is 13.3. The van der Waals surface area contributed by atoms with E-state index >= 15 is 0 Å². The van der Waals surface area contributed by atoms with E-state index < -0.39 is 0 Å². The molecule has 1 saturated carbocycles. The van der Waals surface area contributed by atoms with E-state index in [1.54, 1.807) is 12.1 Å². The van der Waals surface area contributed by atoms with Crippen LogP contribution in [0.5, 0.6) is 0 Å². The van der Waals surface area contributed by atoms with Gasteiger partial charge in [-0.2, -0.15) is 0 Å². The quantitative estimate of drug-likeness (QED) is 0.845. The standard InChI is InChI=1S/C18H23FN4O/c1-22(16-3-2-4-16)18-21-20-17(14-5-7-15(19)8-6-14)23(18)11-13-9-10-24-12-13/h5-8,13,16H,2-4,9-12H2,1H3. The number of hydrogen-bond donors (Lipinski definition) is 0. The minimum atomic E-state index is -0.235. The maximum Gasteiger partial charge on any atom is 0.227 e. The van der Waals surface area contributed by atoms with Gasteiger partial charge in [-0.05, 0) is 49.9 Å². The molecule has 1 unspecified atom stereocenters. The molecule has 4 rings (SSSR count). The van der Waals surface area contributed by atoms with E-state index in [0.29, 0.717) is 12.0 Å². The van der Waals surface area contributed by atoms with Crippen LogP contribution in [0.1, 0.15) is 25.7 Å². The highest BCUT2D eigenvalue weighted by Gasteiger charge is 2.28. The summed E-state index contributed by atoms with van der Waals surface area (Å²) in [5, 5.41) is 8.89. The molecular formula is C18H23FN4O. The van der Waals surface area contributed by atoms with Crippen LogP contribution in [-0.2, 0) is 11.3 Å². The second kappa shape index (κ2) is 6.51. The van der Waals surface area contributed by atoms with Gasteiger partial charge in [-0.1, -0.05) is 0 Å². The van der Waals surface area contributed by atoms with Crippen LogP contribution in [0, 0.1) is 11.7 Å². The van der Waals surface area contributed by atoms with Gasteiger partial charge in [0.25, 0.3) is 0 Å². The molecule has 5 nitrogen and oxygen atoms in total. The summed E-state index contributed by atoms with van der Waals surface area (Å²) in [6.07, 6.45) is 4.77. The summed E-state index contributed by atoms with van der Waals surface area (Å²) in [5.41, 5.74) is 0.899. The Morgan fingerprint density at radius 3 is 2.62 bits per heavy atom. The second-order valence-corrected chi connectivity index (χ2v) is 6.87. The molecule has 2 aromatic rings. The summed E-state index contributed by atoms with van der Waals surface area (Å²) in [6, 6.07) is 7.04. The first-order chi connectivity index (χ1) is 11.7. The molecule has 1 saturated heterocycles. The van der Waals surface area contributed by atoms with Gasteiger partial charge in [0.1, 0.15) is 5.82 Å². The van der Waals surface area contributed by atoms with E-state index in [-0.39, 0.29) is 5.82 Å². The molecule has 2 aliphatic rings. The number of benzene rings is 1. The van der Waals surface area contributed by atoms with E-state index in [2.05, 4.69) is 26.7 Å². The third kappa shape index (κ3) is 2.90. The first kappa shape index (κ1) is 15.6. The molecule has 0 spiro atoms. The summed E-state index contributed by atoms with van der Waals surface area (Å²) < 4.78 is 21.0. The van der Waals surface area contributed by atoms with Gasteiger partial charge in [0.15, 0.2) is 5.82 Å². The Morgan fingerprint density at radius 2 is 2.00 bits per heavy atom. The lowest BCUT2D eigenvalue weighted by Crippen LogP contribution is -2.39. The highest BCUT2D eigenvalue weighted by atomic mass is 19.1. The fraction of sp³-hybridized carbons (Fsp3) is 0.556. The molecule has 24 heavy (non-hydrogen) atoms. The Balaban J connectivity index is 1.69. The maximum atomic E-state index is 13.3. The van der Waals surface area contributed by atoms with Crippen molar-refractivity contribution in [2.24, 2.45) is 5.92 Å². The van der Waals surface area contributed by atoms with Gasteiger partial charge in [-0.25, -0.2) is 4.39 Å². The lowest BCUT2D eigenvalue weighted by Gasteiger charge is -2.35. The lowest BCUT2D eigenvalue weighted by atomic mass is 9.92. The molecule has 1 aromatic carbocycles. The highest BCUT2D eigenvalue weighted by molar-refractivity contribution is 5.57. The van der Waals surface area contributed by atoms with E-state index in [0.717, 1.165) is 43.5 Å². The van der Waals surface area contributed by atoms with E-state index in [1.807, 2.05) is 0 Å². The van der Waals surface area contributed by atoms with Crippen LogP contribution < -0.4 is 4.90 Å².